The van der Waals surface area contributed by atoms with Gasteiger partial charge in [-0.25, -0.2) is 0 Å². The van der Waals surface area contributed by atoms with Crippen molar-refractivity contribution < 1.29 is 4.74 Å². The maximum atomic E-state index is 13.1. The summed E-state index contributed by atoms with van der Waals surface area (Å²) in [5.41, 5.74) is 3.37. The number of fused-ring (bicyclic) bond motifs is 4. The summed E-state index contributed by atoms with van der Waals surface area (Å²) in [6.07, 6.45) is 4.72. The number of hydrogen-bond donors (Lipinski definition) is 0. The third-order valence-corrected chi connectivity index (χ3v) is 6.25. The molecular weight excluding hydrogens is 388 g/mol. The fraction of sp³-hybridized carbons (Fsp3) is 0.545. The molecule has 156 valence electrons. The lowest BCUT2D eigenvalue weighted by Crippen LogP contribution is -2.47. The molecule has 2 aromatic heterocycles. The molecular formula is C22H29ClN4O2. The molecule has 0 spiro atoms. The molecule has 2 aliphatic heterocycles. The van der Waals surface area contributed by atoms with Gasteiger partial charge in [-0.05, 0) is 37.1 Å². The second-order valence-electron chi connectivity index (χ2n) is 8.43. The molecule has 0 aromatic carbocycles. The molecule has 0 aliphatic carbocycles. The molecule has 1 saturated heterocycles. The summed E-state index contributed by atoms with van der Waals surface area (Å²) in [5, 5.41) is 0.680. The van der Waals surface area contributed by atoms with Crippen LogP contribution < -0.4 is 5.56 Å². The monoisotopic (exact) mass is 416 g/mol. The van der Waals surface area contributed by atoms with Gasteiger partial charge in [0.1, 0.15) is 0 Å². The van der Waals surface area contributed by atoms with Gasteiger partial charge in [0.2, 0.25) is 0 Å². The summed E-state index contributed by atoms with van der Waals surface area (Å²) in [7, 11) is 3.73. The zero-order chi connectivity index (χ0) is 20.4. The number of methoxy groups -OCH3 is 1. The van der Waals surface area contributed by atoms with Gasteiger partial charge in [0.15, 0.2) is 0 Å². The van der Waals surface area contributed by atoms with Crippen molar-refractivity contribution in [3.8, 4) is 0 Å². The highest BCUT2D eigenvalue weighted by molar-refractivity contribution is 6.30. The smallest absolute Gasteiger partial charge is 0.255 e. The van der Waals surface area contributed by atoms with Crippen LogP contribution in [0.2, 0.25) is 5.02 Å². The highest BCUT2D eigenvalue weighted by Gasteiger charge is 2.34. The van der Waals surface area contributed by atoms with E-state index in [-0.39, 0.29) is 5.56 Å². The molecule has 4 heterocycles. The van der Waals surface area contributed by atoms with Crippen molar-refractivity contribution in [1.29, 1.82) is 0 Å². The molecule has 0 unspecified atom stereocenters. The Morgan fingerprint density at radius 2 is 2.14 bits per heavy atom. The Hall–Kier alpha value is -1.73. The molecule has 2 aromatic rings. The maximum Gasteiger partial charge on any atom is 0.255 e. The number of ether oxygens (including phenoxy) is 1. The third-order valence-electron chi connectivity index (χ3n) is 6.04. The minimum Gasteiger partial charge on any atom is -0.383 e. The first kappa shape index (κ1) is 20.5. The number of halogens is 1. The van der Waals surface area contributed by atoms with E-state index in [2.05, 4.69) is 20.9 Å². The van der Waals surface area contributed by atoms with Crippen LogP contribution in [0.4, 0.5) is 0 Å². The van der Waals surface area contributed by atoms with E-state index in [1.165, 1.54) is 5.69 Å². The normalized spacial score (nSPS) is 21.4. The molecule has 29 heavy (non-hydrogen) atoms. The molecule has 2 aliphatic rings. The molecule has 0 amide bonds. The predicted octanol–water partition coefficient (Wildman–Crippen LogP) is 2.59. The summed E-state index contributed by atoms with van der Waals surface area (Å²) < 4.78 is 7.18. The van der Waals surface area contributed by atoms with E-state index in [1.54, 1.807) is 13.3 Å². The summed E-state index contributed by atoms with van der Waals surface area (Å²) in [6.45, 7) is 5.78. The van der Waals surface area contributed by atoms with E-state index in [9.17, 15) is 4.79 Å². The van der Waals surface area contributed by atoms with Crippen molar-refractivity contribution in [3.05, 3.63) is 62.8 Å². The minimum atomic E-state index is 0.175. The van der Waals surface area contributed by atoms with Crippen LogP contribution in [0.1, 0.15) is 29.2 Å². The van der Waals surface area contributed by atoms with Crippen molar-refractivity contribution in [2.45, 2.75) is 32.0 Å². The predicted molar refractivity (Wildman–Crippen MR) is 114 cm³/mol. The van der Waals surface area contributed by atoms with Crippen LogP contribution in [0.15, 0.2) is 35.4 Å². The minimum absolute atomic E-state index is 0.175. The Morgan fingerprint density at radius 3 is 2.93 bits per heavy atom. The molecule has 0 radical (unpaired) electrons. The van der Waals surface area contributed by atoms with Crippen LogP contribution in [0.25, 0.3) is 0 Å². The molecule has 2 bridgehead atoms. The zero-order valence-corrected chi connectivity index (χ0v) is 17.9. The molecule has 4 rings (SSSR count). The Bertz CT molecular complexity index is 916. The highest BCUT2D eigenvalue weighted by atomic mass is 35.5. The van der Waals surface area contributed by atoms with E-state index >= 15 is 0 Å². The van der Waals surface area contributed by atoms with Crippen molar-refractivity contribution in [3.63, 3.8) is 0 Å². The number of likely N-dealkylation sites (tertiary alicyclic amines) is 1. The highest BCUT2D eigenvalue weighted by Crippen LogP contribution is 2.35. The fourth-order valence-corrected chi connectivity index (χ4v) is 4.95. The molecule has 7 heteroatoms. The second-order valence-corrected chi connectivity index (χ2v) is 8.87. The average molecular weight is 417 g/mol. The van der Waals surface area contributed by atoms with Crippen molar-refractivity contribution in [2.75, 3.05) is 40.4 Å². The molecule has 2 atom stereocenters. The first-order chi connectivity index (χ1) is 14.0. The van der Waals surface area contributed by atoms with E-state index in [4.69, 9.17) is 16.3 Å². The van der Waals surface area contributed by atoms with Crippen LogP contribution in [-0.4, -0.2) is 59.7 Å². The third kappa shape index (κ3) is 4.72. The number of rotatable bonds is 7. The number of hydrogen-bond acceptors (Lipinski definition) is 5. The molecule has 0 N–H and O–H groups in total. The molecule has 0 saturated carbocycles. The topological polar surface area (TPSA) is 50.6 Å². The average Bonchev–Trinajstić information content (AvgIpc) is 2.69. The largest absolute Gasteiger partial charge is 0.383 e. The summed E-state index contributed by atoms with van der Waals surface area (Å²) >= 11 is 6.09. The number of piperidine rings is 1. The Labute approximate surface area is 177 Å². The SMILES string of the molecule is COCCN(C)Cc1ccc2n(c1=O)C[C@H]1C[C@@H]2CN(Cc2cncc(Cl)c2)C1. The van der Waals surface area contributed by atoms with E-state index in [0.29, 0.717) is 30.0 Å². The van der Waals surface area contributed by atoms with Gasteiger partial charge >= 0.3 is 0 Å². The fourth-order valence-electron chi connectivity index (χ4n) is 4.76. The van der Waals surface area contributed by atoms with Crippen LogP contribution >= 0.6 is 11.6 Å². The van der Waals surface area contributed by atoms with E-state index < -0.39 is 0 Å². The van der Waals surface area contributed by atoms with Crippen LogP contribution in [0, 0.1) is 5.92 Å². The van der Waals surface area contributed by atoms with Gasteiger partial charge in [-0.2, -0.15) is 0 Å². The van der Waals surface area contributed by atoms with Gasteiger partial charge in [0.05, 0.1) is 11.6 Å². The summed E-state index contributed by atoms with van der Waals surface area (Å²) in [4.78, 5) is 22.0. The van der Waals surface area contributed by atoms with Gasteiger partial charge in [0.25, 0.3) is 5.56 Å². The lowest BCUT2D eigenvalue weighted by atomic mass is 9.83. The molecule has 6 nitrogen and oxygen atoms in total. The van der Waals surface area contributed by atoms with Gasteiger partial charge in [-0.1, -0.05) is 17.7 Å². The quantitative estimate of drug-likeness (QED) is 0.694. The van der Waals surface area contributed by atoms with Crippen LogP contribution in [-0.2, 0) is 24.4 Å². The van der Waals surface area contributed by atoms with E-state index in [1.807, 2.05) is 29.9 Å². The number of pyridine rings is 2. The molecule has 1 fully saturated rings. The Balaban J connectivity index is 1.49. The summed E-state index contributed by atoms with van der Waals surface area (Å²) in [5.74, 6) is 0.912. The van der Waals surface area contributed by atoms with Gasteiger partial charge in [0, 0.05) is 75.9 Å². The second kappa shape index (κ2) is 8.96. The Morgan fingerprint density at radius 1 is 1.28 bits per heavy atom. The van der Waals surface area contributed by atoms with Gasteiger partial charge in [-0.3, -0.25) is 19.6 Å². The van der Waals surface area contributed by atoms with Crippen LogP contribution in [0.3, 0.4) is 0 Å². The first-order valence-electron chi connectivity index (χ1n) is 10.3. The van der Waals surface area contributed by atoms with Crippen molar-refractivity contribution >= 4 is 11.6 Å². The van der Waals surface area contributed by atoms with Gasteiger partial charge in [-0.15, -0.1) is 0 Å². The Kier molecular flexibility index (Phi) is 6.35. The zero-order valence-electron chi connectivity index (χ0n) is 17.2. The number of likely N-dealkylation sites (N-methyl/N-ethyl adjacent to an activating group) is 1. The maximum absolute atomic E-state index is 13.1. The lowest BCUT2D eigenvalue weighted by molar-refractivity contribution is 0.114. The van der Waals surface area contributed by atoms with E-state index in [0.717, 1.165) is 50.3 Å². The lowest BCUT2D eigenvalue weighted by Gasteiger charge is -2.43. The van der Waals surface area contributed by atoms with Gasteiger partial charge < -0.3 is 9.30 Å². The first-order valence-corrected chi connectivity index (χ1v) is 10.6. The standard InChI is InChI=1S/C22H29ClN4O2/c1-25(5-6-29-2)14-18-3-4-21-19-7-17(13-27(21)22(18)28)12-26(15-19)11-16-8-20(23)10-24-9-16/h3-4,8-10,17,19H,5-7,11-15H2,1-2H3/t17-,19+/m0/s1. The summed E-state index contributed by atoms with van der Waals surface area (Å²) in [6, 6.07) is 6.19. The van der Waals surface area contributed by atoms with Crippen LogP contribution in [0.5, 0.6) is 0 Å². The number of aromatic nitrogens is 2. The number of nitrogens with zero attached hydrogens (tertiary/aromatic N) is 4. The van der Waals surface area contributed by atoms with Crippen molar-refractivity contribution in [2.24, 2.45) is 5.92 Å². The van der Waals surface area contributed by atoms with Crippen molar-refractivity contribution in [1.82, 2.24) is 19.4 Å².